The number of benzene rings is 1. The van der Waals surface area contributed by atoms with Crippen LogP contribution in [0.4, 0.5) is 0 Å². The summed E-state index contributed by atoms with van der Waals surface area (Å²) in [6.45, 7) is 4.24. The van der Waals surface area contributed by atoms with E-state index in [4.69, 9.17) is 9.84 Å². The normalized spacial score (nSPS) is 11.4. The zero-order chi connectivity index (χ0) is 21.3. The fraction of sp³-hybridized carbons (Fsp3) is 0.300. The van der Waals surface area contributed by atoms with Gasteiger partial charge in [0, 0.05) is 25.7 Å². The van der Waals surface area contributed by atoms with Crippen molar-refractivity contribution < 1.29 is 14.6 Å². The average Bonchev–Trinajstić information content (AvgIpc) is 3.03. The van der Waals surface area contributed by atoms with E-state index in [1.54, 1.807) is 36.8 Å². The maximum atomic E-state index is 12.7. The molecule has 0 fully saturated rings. The lowest BCUT2D eigenvalue weighted by Crippen LogP contribution is -2.39. The van der Waals surface area contributed by atoms with Crippen molar-refractivity contribution in [2.75, 3.05) is 7.11 Å². The number of ether oxygens (including phenoxy) is 1. The number of fused-ring (bicyclic) bond motifs is 1. The van der Waals surface area contributed by atoms with Gasteiger partial charge in [-0.25, -0.2) is 14.6 Å². The molecule has 9 nitrogen and oxygen atoms in total. The third kappa shape index (κ3) is 3.35. The Kier molecular flexibility index (Phi) is 5.40. The van der Waals surface area contributed by atoms with Crippen molar-refractivity contribution in [3.8, 4) is 5.75 Å². The van der Waals surface area contributed by atoms with Gasteiger partial charge in [-0.15, -0.1) is 0 Å². The molecular weight excluding hydrogens is 376 g/mol. The minimum atomic E-state index is -1.04. The molecule has 0 bridgehead atoms. The number of carboxylic acid groups (broad SMARTS) is 1. The number of nitrogens with zero attached hydrogens (tertiary/aromatic N) is 4. The fourth-order valence-electron chi connectivity index (χ4n) is 3.24. The van der Waals surface area contributed by atoms with Crippen molar-refractivity contribution >= 4 is 29.3 Å². The van der Waals surface area contributed by atoms with Gasteiger partial charge >= 0.3 is 11.7 Å². The molecule has 1 aromatic carbocycles. The molecular formula is C20H22N4O5. The van der Waals surface area contributed by atoms with E-state index in [0.29, 0.717) is 34.8 Å². The Bertz CT molecular complexity index is 1250. The molecule has 0 unspecified atom stereocenters. The summed E-state index contributed by atoms with van der Waals surface area (Å²) in [6, 6.07) is 4.55. The first-order chi connectivity index (χ1) is 13.8. The summed E-state index contributed by atoms with van der Waals surface area (Å²) >= 11 is 0. The third-order valence-corrected chi connectivity index (χ3v) is 4.80. The molecule has 1 N–H and O–H groups in total. The van der Waals surface area contributed by atoms with Crippen molar-refractivity contribution in [1.29, 1.82) is 0 Å². The molecule has 0 atom stereocenters. The van der Waals surface area contributed by atoms with Crippen LogP contribution >= 0.6 is 0 Å². The molecule has 3 aromatic rings. The Morgan fingerprint density at radius 2 is 1.86 bits per heavy atom. The second-order valence-electron chi connectivity index (χ2n) is 6.37. The van der Waals surface area contributed by atoms with E-state index in [0.717, 1.165) is 0 Å². The zero-order valence-electron chi connectivity index (χ0n) is 16.7. The molecule has 0 aliphatic carbocycles. The van der Waals surface area contributed by atoms with Crippen LogP contribution in [0.25, 0.3) is 23.3 Å². The van der Waals surface area contributed by atoms with Gasteiger partial charge in [0.25, 0.3) is 5.56 Å². The number of hydrogen-bond acceptors (Lipinski definition) is 5. The summed E-state index contributed by atoms with van der Waals surface area (Å²) in [4.78, 5) is 40.9. The number of rotatable bonds is 6. The Balaban J connectivity index is 2.16. The van der Waals surface area contributed by atoms with Gasteiger partial charge in [-0.05, 0) is 38.1 Å². The summed E-state index contributed by atoms with van der Waals surface area (Å²) in [5, 5.41) is 9.11. The highest BCUT2D eigenvalue weighted by Gasteiger charge is 2.18. The molecule has 3 rings (SSSR count). The highest BCUT2D eigenvalue weighted by Crippen LogP contribution is 2.23. The summed E-state index contributed by atoms with van der Waals surface area (Å²) in [7, 11) is 3.17. The molecule has 0 spiro atoms. The number of methoxy groups -OCH3 is 1. The molecule has 0 radical (unpaired) electrons. The van der Waals surface area contributed by atoms with Crippen LogP contribution in [0.1, 0.15) is 35.6 Å². The maximum absolute atomic E-state index is 12.7. The first kappa shape index (κ1) is 20.1. The number of hydrogen-bond donors (Lipinski definition) is 1. The molecule has 9 heteroatoms. The van der Waals surface area contributed by atoms with Crippen LogP contribution in [-0.2, 0) is 20.1 Å². The Hall–Kier alpha value is -3.62. The number of carbonyl (C=O) groups is 1. The first-order valence-corrected chi connectivity index (χ1v) is 9.13. The first-order valence-electron chi connectivity index (χ1n) is 9.13. The van der Waals surface area contributed by atoms with E-state index < -0.39 is 5.97 Å². The number of carboxylic acids is 1. The van der Waals surface area contributed by atoms with E-state index in [1.807, 2.05) is 6.92 Å². The van der Waals surface area contributed by atoms with Gasteiger partial charge in [0.1, 0.15) is 11.6 Å². The van der Waals surface area contributed by atoms with E-state index in [2.05, 4.69) is 4.98 Å². The van der Waals surface area contributed by atoms with E-state index >= 15 is 0 Å². The van der Waals surface area contributed by atoms with Crippen LogP contribution in [0.2, 0.25) is 0 Å². The maximum Gasteiger partial charge on any atom is 0.335 e. The van der Waals surface area contributed by atoms with Crippen LogP contribution in [0.15, 0.2) is 27.8 Å². The second kappa shape index (κ2) is 7.78. The Labute approximate surface area is 166 Å². The van der Waals surface area contributed by atoms with Gasteiger partial charge in [-0.3, -0.25) is 13.9 Å². The lowest BCUT2D eigenvalue weighted by molar-refractivity contribution is 0.0696. The van der Waals surface area contributed by atoms with Crippen molar-refractivity contribution in [2.45, 2.75) is 26.9 Å². The smallest absolute Gasteiger partial charge is 0.335 e. The molecule has 152 valence electrons. The summed E-state index contributed by atoms with van der Waals surface area (Å²) in [5.74, 6) is -0.158. The average molecular weight is 398 g/mol. The predicted octanol–water partition coefficient (Wildman–Crippen LogP) is 1.81. The van der Waals surface area contributed by atoms with Crippen LogP contribution in [0, 0.1) is 0 Å². The van der Waals surface area contributed by atoms with Crippen molar-refractivity contribution in [3.05, 3.63) is 56.0 Å². The van der Waals surface area contributed by atoms with Crippen molar-refractivity contribution in [1.82, 2.24) is 18.7 Å². The molecule has 0 saturated carbocycles. The standard InChI is InChI=1S/C20H22N4O5/c1-5-23-17-16(18(25)24(6-2)20(23)28)22(3)15(21-17)10-9-12-7-8-13(19(26)27)11-14(12)29-4/h7-11H,5-6H2,1-4H3,(H,26,27)/b10-9+. The highest BCUT2D eigenvalue weighted by atomic mass is 16.5. The van der Waals surface area contributed by atoms with Crippen LogP contribution in [0.3, 0.4) is 0 Å². The molecule has 0 aliphatic rings. The molecule has 29 heavy (non-hydrogen) atoms. The zero-order valence-corrected chi connectivity index (χ0v) is 16.7. The summed E-state index contributed by atoms with van der Waals surface area (Å²) < 4.78 is 9.58. The molecule has 2 heterocycles. The lowest BCUT2D eigenvalue weighted by Gasteiger charge is -2.08. The number of aryl methyl sites for hydroxylation is 2. The third-order valence-electron chi connectivity index (χ3n) is 4.80. The van der Waals surface area contributed by atoms with Gasteiger partial charge in [-0.1, -0.05) is 6.07 Å². The van der Waals surface area contributed by atoms with Crippen LogP contribution in [-0.4, -0.2) is 36.9 Å². The molecule has 0 saturated heterocycles. The molecule has 0 amide bonds. The summed E-state index contributed by atoms with van der Waals surface area (Å²) in [5.41, 5.74) is 0.697. The monoisotopic (exact) mass is 398 g/mol. The van der Waals surface area contributed by atoms with Crippen molar-refractivity contribution in [2.24, 2.45) is 7.05 Å². The van der Waals surface area contributed by atoms with E-state index in [1.165, 1.54) is 28.4 Å². The topological polar surface area (TPSA) is 108 Å². The Morgan fingerprint density at radius 1 is 1.17 bits per heavy atom. The van der Waals surface area contributed by atoms with Gasteiger partial charge < -0.3 is 14.4 Å². The lowest BCUT2D eigenvalue weighted by atomic mass is 10.1. The number of aromatic carboxylic acids is 1. The van der Waals surface area contributed by atoms with Crippen LogP contribution < -0.4 is 16.0 Å². The molecule has 2 aromatic heterocycles. The largest absolute Gasteiger partial charge is 0.496 e. The minimum Gasteiger partial charge on any atom is -0.496 e. The Morgan fingerprint density at radius 3 is 2.45 bits per heavy atom. The predicted molar refractivity (Wildman–Crippen MR) is 109 cm³/mol. The van der Waals surface area contributed by atoms with E-state index in [9.17, 15) is 14.4 Å². The van der Waals surface area contributed by atoms with Crippen molar-refractivity contribution in [3.63, 3.8) is 0 Å². The highest BCUT2D eigenvalue weighted by molar-refractivity contribution is 5.89. The fourth-order valence-corrected chi connectivity index (χ4v) is 3.24. The second-order valence-corrected chi connectivity index (χ2v) is 6.37. The number of aromatic nitrogens is 4. The summed E-state index contributed by atoms with van der Waals surface area (Å²) in [6.07, 6.45) is 3.41. The van der Waals surface area contributed by atoms with Crippen LogP contribution in [0.5, 0.6) is 5.75 Å². The van der Waals surface area contributed by atoms with Gasteiger partial charge in [0.2, 0.25) is 0 Å². The quantitative estimate of drug-likeness (QED) is 0.678. The number of imidazole rings is 1. The van der Waals surface area contributed by atoms with Gasteiger partial charge in [-0.2, -0.15) is 0 Å². The van der Waals surface area contributed by atoms with E-state index in [-0.39, 0.29) is 23.4 Å². The SMILES string of the molecule is CCn1c(=O)c2c(nc(/C=C/c3ccc(C(=O)O)cc3OC)n2C)n(CC)c1=O. The molecule has 0 aliphatic heterocycles. The van der Waals surface area contributed by atoms with Gasteiger partial charge in [0.05, 0.1) is 12.7 Å². The van der Waals surface area contributed by atoms with Gasteiger partial charge in [0.15, 0.2) is 11.2 Å². The minimum absolute atomic E-state index is 0.119.